The smallest absolute Gasteiger partial charge is 0.176 e. The molecule has 18 heavy (non-hydrogen) atoms. The second kappa shape index (κ2) is 3.32. The summed E-state index contributed by atoms with van der Waals surface area (Å²) in [6.45, 7) is 4.03. The molecule has 3 unspecified atom stereocenters. The number of hydrogen-bond donors (Lipinski definition) is 0. The van der Waals surface area contributed by atoms with Crippen molar-refractivity contribution >= 4 is 5.78 Å². The molecule has 0 radical (unpaired) electrons. The van der Waals surface area contributed by atoms with Gasteiger partial charge in [0, 0.05) is 24.6 Å². The number of nitrogens with zero attached hydrogens (tertiary/aromatic N) is 3. The van der Waals surface area contributed by atoms with E-state index in [1.54, 1.807) is 0 Å². The Hall–Kier alpha value is -1.89. The van der Waals surface area contributed by atoms with Crippen LogP contribution in [-0.2, 0) is 23.7 Å². The standard InChI is InChI=1S/C14H15N3O/c1-8-11-4-9-7-17(3)16-13(9)14(11,2)5-10(6-15)12(8)18/h5,7-8,11H,4H2,1-3H3. The first-order valence-electron chi connectivity index (χ1n) is 6.17. The Kier molecular flexibility index (Phi) is 2.07. The van der Waals surface area contributed by atoms with Crippen molar-refractivity contribution in [1.82, 2.24) is 9.78 Å². The van der Waals surface area contributed by atoms with Crippen molar-refractivity contribution in [3.8, 4) is 6.07 Å². The first-order valence-corrected chi connectivity index (χ1v) is 6.17. The van der Waals surface area contributed by atoms with Crippen LogP contribution in [0.5, 0.6) is 0 Å². The maximum Gasteiger partial charge on any atom is 0.176 e. The van der Waals surface area contributed by atoms with Crippen LogP contribution in [0, 0.1) is 23.2 Å². The zero-order valence-electron chi connectivity index (χ0n) is 10.8. The highest BCUT2D eigenvalue weighted by Gasteiger charge is 2.51. The summed E-state index contributed by atoms with van der Waals surface area (Å²) >= 11 is 0. The average Bonchev–Trinajstić information content (AvgIpc) is 2.81. The Balaban J connectivity index is 2.21. The number of fused-ring (bicyclic) bond motifs is 3. The quantitative estimate of drug-likeness (QED) is 0.692. The van der Waals surface area contributed by atoms with Crippen molar-refractivity contribution in [1.29, 1.82) is 5.26 Å². The molecule has 0 N–H and O–H groups in total. The Morgan fingerprint density at radius 2 is 2.33 bits per heavy atom. The number of allylic oxidation sites excluding steroid dienone is 2. The fourth-order valence-corrected chi connectivity index (χ4v) is 3.52. The van der Waals surface area contributed by atoms with Crippen molar-refractivity contribution in [2.24, 2.45) is 18.9 Å². The normalized spacial score (nSPS) is 33.7. The summed E-state index contributed by atoms with van der Waals surface area (Å²) < 4.78 is 1.81. The summed E-state index contributed by atoms with van der Waals surface area (Å²) in [5.74, 6) is 0.115. The topological polar surface area (TPSA) is 58.7 Å². The highest BCUT2D eigenvalue weighted by molar-refractivity contribution is 6.02. The zero-order chi connectivity index (χ0) is 13.1. The zero-order valence-corrected chi connectivity index (χ0v) is 10.8. The molecule has 3 atom stereocenters. The predicted molar refractivity (Wildman–Crippen MR) is 65.6 cm³/mol. The van der Waals surface area contributed by atoms with Crippen LogP contribution >= 0.6 is 0 Å². The molecule has 0 fully saturated rings. The van der Waals surface area contributed by atoms with Crippen LogP contribution in [-0.4, -0.2) is 15.6 Å². The van der Waals surface area contributed by atoms with E-state index in [1.807, 2.05) is 37.0 Å². The number of aryl methyl sites for hydroxylation is 1. The lowest BCUT2D eigenvalue weighted by molar-refractivity contribution is -0.121. The molecule has 2 aliphatic carbocycles. The number of nitriles is 1. The molecule has 0 bridgehead atoms. The van der Waals surface area contributed by atoms with Gasteiger partial charge in [-0.1, -0.05) is 19.9 Å². The molecule has 0 aliphatic heterocycles. The van der Waals surface area contributed by atoms with Gasteiger partial charge in [0.1, 0.15) is 6.07 Å². The van der Waals surface area contributed by atoms with Gasteiger partial charge in [-0.05, 0) is 17.9 Å². The number of Topliss-reactive ketones (excluding diaryl/α,β-unsaturated/α-hetero) is 1. The van der Waals surface area contributed by atoms with Crippen molar-refractivity contribution in [2.45, 2.75) is 25.7 Å². The fourth-order valence-electron chi connectivity index (χ4n) is 3.52. The number of rotatable bonds is 0. The highest BCUT2D eigenvalue weighted by atomic mass is 16.1. The number of carbonyl (C=O) groups excluding carboxylic acids is 1. The van der Waals surface area contributed by atoms with Gasteiger partial charge in [-0.25, -0.2) is 0 Å². The molecular weight excluding hydrogens is 226 g/mol. The SMILES string of the molecule is CC1C(=O)C(C#N)=CC2(C)c3nn(C)cc3CC12. The predicted octanol–water partition coefficient (Wildman–Crippen LogP) is 1.52. The first-order chi connectivity index (χ1) is 8.47. The monoisotopic (exact) mass is 241 g/mol. The van der Waals surface area contributed by atoms with Crippen LogP contribution in [0.3, 0.4) is 0 Å². The van der Waals surface area contributed by atoms with Gasteiger partial charge in [0.2, 0.25) is 0 Å². The maximum atomic E-state index is 12.1. The fraction of sp³-hybridized carbons (Fsp3) is 0.500. The lowest BCUT2D eigenvalue weighted by Crippen LogP contribution is -2.40. The summed E-state index contributed by atoms with van der Waals surface area (Å²) in [5, 5.41) is 13.6. The third-order valence-corrected chi connectivity index (χ3v) is 4.47. The number of aromatic nitrogens is 2. The minimum atomic E-state index is -0.269. The van der Waals surface area contributed by atoms with Crippen LogP contribution in [0.1, 0.15) is 25.1 Å². The minimum Gasteiger partial charge on any atom is -0.293 e. The van der Waals surface area contributed by atoms with Gasteiger partial charge in [-0.3, -0.25) is 9.48 Å². The van der Waals surface area contributed by atoms with E-state index in [2.05, 4.69) is 12.0 Å². The number of hydrogen-bond acceptors (Lipinski definition) is 3. The van der Waals surface area contributed by atoms with E-state index in [-0.39, 0.29) is 23.0 Å². The lowest BCUT2D eigenvalue weighted by Gasteiger charge is -2.36. The molecule has 1 heterocycles. The van der Waals surface area contributed by atoms with E-state index in [1.165, 1.54) is 5.56 Å². The van der Waals surface area contributed by atoms with Crippen molar-refractivity contribution in [2.75, 3.05) is 0 Å². The van der Waals surface area contributed by atoms with Gasteiger partial charge in [0.05, 0.1) is 11.3 Å². The molecule has 0 saturated heterocycles. The largest absolute Gasteiger partial charge is 0.293 e. The molecule has 92 valence electrons. The molecule has 4 heteroatoms. The van der Waals surface area contributed by atoms with Crippen LogP contribution in [0.2, 0.25) is 0 Å². The van der Waals surface area contributed by atoms with Crippen molar-refractivity contribution in [3.63, 3.8) is 0 Å². The molecule has 0 saturated carbocycles. The van der Waals surface area contributed by atoms with E-state index in [0.29, 0.717) is 5.57 Å². The van der Waals surface area contributed by atoms with Gasteiger partial charge in [-0.15, -0.1) is 0 Å². The molecule has 1 aromatic rings. The number of ketones is 1. The first kappa shape index (κ1) is 11.2. The third-order valence-electron chi connectivity index (χ3n) is 4.47. The highest BCUT2D eigenvalue weighted by Crippen LogP contribution is 2.50. The van der Waals surface area contributed by atoms with Crippen LogP contribution < -0.4 is 0 Å². The van der Waals surface area contributed by atoms with Crippen molar-refractivity contribution < 1.29 is 4.79 Å². The van der Waals surface area contributed by atoms with E-state index < -0.39 is 0 Å². The maximum absolute atomic E-state index is 12.1. The Morgan fingerprint density at radius 3 is 3.00 bits per heavy atom. The summed E-state index contributed by atoms with van der Waals surface area (Å²) in [5.41, 5.74) is 2.26. The summed E-state index contributed by atoms with van der Waals surface area (Å²) in [7, 11) is 1.91. The van der Waals surface area contributed by atoms with Gasteiger partial charge < -0.3 is 0 Å². The molecule has 0 amide bonds. The molecule has 4 nitrogen and oxygen atoms in total. The summed E-state index contributed by atoms with van der Waals surface area (Å²) in [4.78, 5) is 12.1. The van der Waals surface area contributed by atoms with E-state index >= 15 is 0 Å². The van der Waals surface area contributed by atoms with Crippen LogP contribution in [0.25, 0.3) is 0 Å². The second-order valence-corrected chi connectivity index (χ2v) is 5.59. The third kappa shape index (κ3) is 1.19. The second-order valence-electron chi connectivity index (χ2n) is 5.59. The van der Waals surface area contributed by atoms with Gasteiger partial charge in [0.25, 0.3) is 0 Å². The lowest BCUT2D eigenvalue weighted by atomic mass is 9.65. The Labute approximate surface area is 106 Å². The molecule has 0 spiro atoms. The number of carbonyl (C=O) groups is 1. The molecular formula is C14H15N3O. The molecule has 1 aromatic heterocycles. The van der Waals surface area contributed by atoms with Crippen LogP contribution in [0.4, 0.5) is 0 Å². The van der Waals surface area contributed by atoms with E-state index in [9.17, 15) is 4.79 Å². The molecule has 0 aromatic carbocycles. The van der Waals surface area contributed by atoms with Gasteiger partial charge in [0.15, 0.2) is 5.78 Å². The van der Waals surface area contributed by atoms with Gasteiger partial charge >= 0.3 is 0 Å². The Morgan fingerprint density at radius 1 is 1.61 bits per heavy atom. The van der Waals surface area contributed by atoms with Gasteiger partial charge in [-0.2, -0.15) is 10.4 Å². The van der Waals surface area contributed by atoms with Crippen LogP contribution in [0.15, 0.2) is 17.8 Å². The average molecular weight is 241 g/mol. The minimum absolute atomic E-state index is 0.0190. The van der Waals surface area contributed by atoms with Crippen molar-refractivity contribution in [3.05, 3.63) is 29.1 Å². The van der Waals surface area contributed by atoms with E-state index in [0.717, 1.165) is 12.1 Å². The molecule has 3 rings (SSSR count). The summed E-state index contributed by atoms with van der Waals surface area (Å²) in [6, 6.07) is 2.04. The Bertz CT molecular complexity index is 619. The van der Waals surface area contributed by atoms with E-state index in [4.69, 9.17) is 5.26 Å². The molecule has 2 aliphatic rings. The summed E-state index contributed by atoms with van der Waals surface area (Å²) in [6.07, 6.45) is 4.73.